The number of likely N-dealkylation sites (N-methyl/N-ethyl adjacent to an activating group) is 1. The van der Waals surface area contributed by atoms with Crippen molar-refractivity contribution in [3.05, 3.63) is 0 Å². The number of hydrogen-bond acceptors (Lipinski definition) is 6. The van der Waals surface area contributed by atoms with Crippen LogP contribution in [-0.2, 0) is 19.0 Å². The minimum Gasteiger partial charge on any atom is -0.387 e. The first-order chi connectivity index (χ1) is 9.27. The minimum absolute atomic E-state index is 0.213. The van der Waals surface area contributed by atoms with Gasteiger partial charge in [0.15, 0.2) is 12.4 Å². The molecule has 0 saturated carbocycles. The second kappa shape index (κ2) is 7.33. The number of ether oxygens (including phenoxy) is 3. The summed E-state index contributed by atoms with van der Waals surface area (Å²) >= 11 is 0. The van der Waals surface area contributed by atoms with Gasteiger partial charge in [0.2, 0.25) is 0 Å². The van der Waals surface area contributed by atoms with E-state index in [-0.39, 0.29) is 12.2 Å². The predicted octanol–water partition coefficient (Wildman–Crippen LogP) is -0.602. The molecular weight excluding hydrogens is 266 g/mol. The van der Waals surface area contributed by atoms with Gasteiger partial charge in [-0.25, -0.2) is 0 Å². The van der Waals surface area contributed by atoms with Crippen molar-refractivity contribution in [2.75, 3.05) is 7.05 Å². The molecule has 118 valence electrons. The molecule has 1 saturated heterocycles. The van der Waals surface area contributed by atoms with Gasteiger partial charge in [0.25, 0.3) is 5.91 Å². The number of aliphatic hydroxyl groups is 2. The van der Waals surface area contributed by atoms with Gasteiger partial charge in [-0.1, -0.05) is 0 Å². The van der Waals surface area contributed by atoms with Crippen LogP contribution in [0.1, 0.15) is 27.7 Å². The van der Waals surface area contributed by atoms with Crippen LogP contribution in [0.25, 0.3) is 0 Å². The quantitative estimate of drug-likeness (QED) is 0.626. The van der Waals surface area contributed by atoms with E-state index in [9.17, 15) is 15.0 Å². The summed E-state index contributed by atoms with van der Waals surface area (Å²) in [5, 5.41) is 22.7. The lowest BCUT2D eigenvalue weighted by atomic mass is 9.97. The molecule has 5 atom stereocenters. The summed E-state index contributed by atoms with van der Waals surface area (Å²) in [6.07, 6.45) is -6.03. The number of hydrogen-bond donors (Lipinski definition) is 3. The van der Waals surface area contributed by atoms with Gasteiger partial charge in [0.05, 0.1) is 12.2 Å². The molecule has 1 rings (SSSR count). The SMILES string of the molecule is CNC(=O)C1OC(OC(C)C)[C@@H](O)[C@@H](O)[C@@H]1OC(C)C. The third kappa shape index (κ3) is 4.13. The van der Waals surface area contributed by atoms with Crippen LogP contribution in [-0.4, -0.2) is 66.1 Å². The third-order valence-electron chi connectivity index (χ3n) is 2.88. The van der Waals surface area contributed by atoms with Gasteiger partial charge in [0, 0.05) is 7.05 Å². The molecule has 0 spiro atoms. The lowest BCUT2D eigenvalue weighted by Crippen LogP contribution is -2.63. The fraction of sp³-hybridized carbons (Fsp3) is 0.923. The van der Waals surface area contributed by atoms with E-state index in [1.165, 1.54) is 7.05 Å². The van der Waals surface area contributed by atoms with E-state index in [1.54, 1.807) is 27.7 Å². The standard InChI is InChI=1S/C13H25NO6/c1-6(2)18-10-8(15)9(16)13(19-7(3)4)20-11(10)12(17)14-5/h6-11,13,15-16H,1-5H3,(H,14,17)/t8-,9+,10+,11?,13?/m1/s1. The highest BCUT2D eigenvalue weighted by Crippen LogP contribution is 2.26. The van der Waals surface area contributed by atoms with Gasteiger partial charge >= 0.3 is 0 Å². The van der Waals surface area contributed by atoms with Crippen molar-refractivity contribution in [2.24, 2.45) is 0 Å². The van der Waals surface area contributed by atoms with E-state index >= 15 is 0 Å². The Morgan fingerprint density at radius 1 is 1.10 bits per heavy atom. The van der Waals surface area contributed by atoms with Crippen LogP contribution >= 0.6 is 0 Å². The van der Waals surface area contributed by atoms with Gasteiger partial charge in [-0.2, -0.15) is 0 Å². The van der Waals surface area contributed by atoms with Crippen LogP contribution in [0.4, 0.5) is 0 Å². The number of amides is 1. The van der Waals surface area contributed by atoms with Crippen molar-refractivity contribution in [2.45, 2.75) is 70.6 Å². The molecular formula is C13H25NO6. The molecule has 0 radical (unpaired) electrons. The van der Waals surface area contributed by atoms with Crippen molar-refractivity contribution in [3.63, 3.8) is 0 Å². The number of carbonyl (C=O) groups is 1. The molecule has 20 heavy (non-hydrogen) atoms. The van der Waals surface area contributed by atoms with E-state index in [1.807, 2.05) is 0 Å². The fourth-order valence-electron chi connectivity index (χ4n) is 2.04. The van der Waals surface area contributed by atoms with Crippen molar-refractivity contribution in [1.82, 2.24) is 5.32 Å². The number of aliphatic hydroxyl groups excluding tert-OH is 2. The highest BCUT2D eigenvalue weighted by atomic mass is 16.7. The van der Waals surface area contributed by atoms with Crippen LogP contribution in [0.3, 0.4) is 0 Å². The maximum atomic E-state index is 11.9. The maximum absolute atomic E-state index is 11.9. The van der Waals surface area contributed by atoms with Crippen LogP contribution in [0.2, 0.25) is 0 Å². The van der Waals surface area contributed by atoms with Crippen LogP contribution in [0, 0.1) is 0 Å². The van der Waals surface area contributed by atoms with E-state index in [4.69, 9.17) is 14.2 Å². The van der Waals surface area contributed by atoms with Crippen molar-refractivity contribution >= 4 is 5.91 Å². The lowest BCUT2D eigenvalue weighted by molar-refractivity contribution is -0.307. The third-order valence-corrected chi connectivity index (χ3v) is 2.88. The molecule has 0 aromatic rings. The zero-order valence-electron chi connectivity index (χ0n) is 12.6. The first kappa shape index (κ1) is 17.3. The minimum atomic E-state index is -1.28. The zero-order chi connectivity index (χ0) is 15.4. The maximum Gasteiger partial charge on any atom is 0.251 e. The Balaban J connectivity index is 2.91. The van der Waals surface area contributed by atoms with Gasteiger partial charge < -0.3 is 29.7 Å². The second-order valence-electron chi connectivity index (χ2n) is 5.35. The number of carbonyl (C=O) groups excluding carboxylic acids is 1. The molecule has 1 amide bonds. The van der Waals surface area contributed by atoms with E-state index in [2.05, 4.69) is 5.32 Å². The van der Waals surface area contributed by atoms with E-state index < -0.39 is 36.6 Å². The predicted molar refractivity (Wildman–Crippen MR) is 71.0 cm³/mol. The molecule has 1 aliphatic rings. The van der Waals surface area contributed by atoms with Gasteiger partial charge in [-0.3, -0.25) is 4.79 Å². The highest BCUT2D eigenvalue weighted by molar-refractivity contribution is 5.81. The summed E-state index contributed by atoms with van der Waals surface area (Å²) in [4.78, 5) is 11.9. The molecule has 0 aliphatic carbocycles. The Labute approximate surface area is 119 Å². The first-order valence-electron chi connectivity index (χ1n) is 6.82. The summed E-state index contributed by atoms with van der Waals surface area (Å²) in [6.45, 7) is 7.09. The van der Waals surface area contributed by atoms with Crippen LogP contribution < -0.4 is 5.32 Å². The molecule has 7 heteroatoms. The Hall–Kier alpha value is -0.730. The molecule has 0 bridgehead atoms. The molecule has 1 fully saturated rings. The van der Waals surface area contributed by atoms with Gasteiger partial charge in [0.1, 0.15) is 18.3 Å². The summed E-state index contributed by atoms with van der Waals surface area (Å²) in [7, 11) is 1.47. The second-order valence-corrected chi connectivity index (χ2v) is 5.35. The number of nitrogens with one attached hydrogen (secondary N) is 1. The molecule has 1 aliphatic heterocycles. The van der Waals surface area contributed by atoms with Crippen molar-refractivity contribution in [1.29, 1.82) is 0 Å². The highest BCUT2D eigenvalue weighted by Gasteiger charge is 2.49. The molecule has 2 unspecified atom stereocenters. The molecule has 0 aromatic heterocycles. The smallest absolute Gasteiger partial charge is 0.251 e. The van der Waals surface area contributed by atoms with Crippen molar-refractivity contribution < 1.29 is 29.2 Å². The molecule has 1 heterocycles. The Morgan fingerprint density at radius 2 is 1.65 bits per heavy atom. The Kier molecular flexibility index (Phi) is 6.35. The summed E-state index contributed by atoms with van der Waals surface area (Å²) in [5.41, 5.74) is 0. The summed E-state index contributed by atoms with van der Waals surface area (Å²) in [5.74, 6) is -0.432. The average Bonchev–Trinajstić information content (AvgIpc) is 2.36. The fourth-order valence-corrected chi connectivity index (χ4v) is 2.04. The van der Waals surface area contributed by atoms with Crippen LogP contribution in [0.5, 0.6) is 0 Å². The topological polar surface area (TPSA) is 97.3 Å². The monoisotopic (exact) mass is 291 g/mol. The molecule has 3 N–H and O–H groups in total. The Bertz CT molecular complexity index is 322. The molecule has 0 aromatic carbocycles. The normalized spacial score (nSPS) is 34.5. The Morgan fingerprint density at radius 3 is 2.10 bits per heavy atom. The van der Waals surface area contributed by atoms with E-state index in [0.29, 0.717) is 0 Å². The zero-order valence-corrected chi connectivity index (χ0v) is 12.6. The lowest BCUT2D eigenvalue weighted by Gasteiger charge is -2.42. The van der Waals surface area contributed by atoms with Gasteiger partial charge in [-0.15, -0.1) is 0 Å². The van der Waals surface area contributed by atoms with Gasteiger partial charge in [-0.05, 0) is 27.7 Å². The van der Waals surface area contributed by atoms with Crippen LogP contribution in [0.15, 0.2) is 0 Å². The average molecular weight is 291 g/mol. The van der Waals surface area contributed by atoms with Crippen molar-refractivity contribution in [3.8, 4) is 0 Å². The molecule has 7 nitrogen and oxygen atoms in total. The summed E-state index contributed by atoms with van der Waals surface area (Å²) < 4.78 is 16.4. The van der Waals surface area contributed by atoms with E-state index in [0.717, 1.165) is 0 Å². The number of rotatable bonds is 5. The summed E-state index contributed by atoms with van der Waals surface area (Å²) in [6, 6.07) is 0. The first-order valence-corrected chi connectivity index (χ1v) is 6.82. The largest absolute Gasteiger partial charge is 0.387 e.